The Morgan fingerprint density at radius 2 is 2.18 bits per heavy atom. The molecule has 0 bridgehead atoms. The van der Waals surface area contributed by atoms with Crippen molar-refractivity contribution in [2.45, 2.75) is 0 Å². The second-order valence-corrected chi connectivity index (χ2v) is 4.23. The highest BCUT2D eigenvalue weighted by molar-refractivity contribution is 7.99. The molecule has 0 unspecified atom stereocenters. The standard InChI is InChI=1S/C12H10O4S/c1-17-7-12(14)15-9-3-4-10-8(6-9)2-5-11(13)16-10/h2-6H,7H2,1H3. The first kappa shape index (κ1) is 11.7. The summed E-state index contributed by atoms with van der Waals surface area (Å²) in [6, 6.07) is 7.83. The molecule has 2 rings (SSSR count). The van der Waals surface area contributed by atoms with Crippen LogP contribution in [0.1, 0.15) is 0 Å². The average Bonchev–Trinajstić information content (AvgIpc) is 2.29. The van der Waals surface area contributed by atoms with E-state index in [1.54, 1.807) is 24.3 Å². The first-order chi connectivity index (χ1) is 8.19. The molecular weight excluding hydrogens is 240 g/mol. The first-order valence-corrected chi connectivity index (χ1v) is 6.32. The molecule has 4 nitrogen and oxygen atoms in total. The van der Waals surface area contributed by atoms with Crippen molar-refractivity contribution in [2.24, 2.45) is 0 Å². The van der Waals surface area contributed by atoms with Crippen LogP contribution in [0.5, 0.6) is 5.75 Å². The number of fused-ring (bicyclic) bond motifs is 1. The molecule has 0 radical (unpaired) electrons. The molecule has 5 heteroatoms. The maximum Gasteiger partial charge on any atom is 0.336 e. The molecule has 1 aromatic heterocycles. The lowest BCUT2D eigenvalue weighted by Crippen LogP contribution is -2.10. The van der Waals surface area contributed by atoms with Crippen molar-refractivity contribution in [1.82, 2.24) is 0 Å². The molecule has 0 amide bonds. The number of carbonyl (C=O) groups excluding carboxylic acids is 1. The molecule has 0 aliphatic rings. The molecule has 17 heavy (non-hydrogen) atoms. The number of rotatable bonds is 3. The molecule has 0 aliphatic heterocycles. The lowest BCUT2D eigenvalue weighted by Gasteiger charge is -2.03. The number of benzene rings is 1. The Labute approximate surface area is 102 Å². The average molecular weight is 250 g/mol. The summed E-state index contributed by atoms with van der Waals surface area (Å²) in [5.74, 6) is 0.460. The van der Waals surface area contributed by atoms with Gasteiger partial charge < -0.3 is 9.15 Å². The van der Waals surface area contributed by atoms with Crippen LogP contribution in [0.25, 0.3) is 11.0 Å². The molecule has 0 spiro atoms. The van der Waals surface area contributed by atoms with E-state index in [0.717, 1.165) is 5.39 Å². The third-order valence-electron chi connectivity index (χ3n) is 2.08. The Balaban J connectivity index is 2.29. The molecular formula is C12H10O4S. The third-order valence-corrected chi connectivity index (χ3v) is 2.61. The lowest BCUT2D eigenvalue weighted by molar-refractivity contribution is -0.131. The second kappa shape index (κ2) is 5.05. The predicted octanol–water partition coefficient (Wildman–Crippen LogP) is 2.06. The van der Waals surface area contributed by atoms with Crippen LogP contribution in [0.4, 0.5) is 0 Å². The van der Waals surface area contributed by atoms with E-state index in [2.05, 4.69) is 0 Å². The zero-order chi connectivity index (χ0) is 12.3. The minimum absolute atomic E-state index is 0.297. The van der Waals surface area contributed by atoms with Crippen molar-refractivity contribution >= 4 is 28.7 Å². The summed E-state index contributed by atoms with van der Waals surface area (Å²) in [4.78, 5) is 22.3. The highest BCUT2D eigenvalue weighted by atomic mass is 32.2. The van der Waals surface area contributed by atoms with Crippen LogP contribution >= 0.6 is 11.8 Å². The topological polar surface area (TPSA) is 56.5 Å². The zero-order valence-electron chi connectivity index (χ0n) is 9.14. The van der Waals surface area contributed by atoms with Crippen LogP contribution in [-0.2, 0) is 4.79 Å². The Kier molecular flexibility index (Phi) is 3.49. The van der Waals surface area contributed by atoms with E-state index in [9.17, 15) is 9.59 Å². The van der Waals surface area contributed by atoms with Crippen LogP contribution < -0.4 is 10.4 Å². The number of esters is 1. The Morgan fingerprint density at radius 3 is 2.94 bits per heavy atom. The largest absolute Gasteiger partial charge is 0.426 e. The van der Waals surface area contributed by atoms with Crippen LogP contribution in [-0.4, -0.2) is 18.0 Å². The van der Waals surface area contributed by atoms with Gasteiger partial charge in [0, 0.05) is 11.5 Å². The normalized spacial score (nSPS) is 10.4. The number of ether oxygens (including phenoxy) is 1. The maximum atomic E-state index is 11.3. The smallest absolute Gasteiger partial charge is 0.336 e. The van der Waals surface area contributed by atoms with E-state index in [1.165, 1.54) is 17.8 Å². The van der Waals surface area contributed by atoms with Gasteiger partial charge in [-0.3, -0.25) is 4.79 Å². The van der Waals surface area contributed by atoms with E-state index in [0.29, 0.717) is 17.1 Å². The summed E-state index contributed by atoms with van der Waals surface area (Å²) in [6.07, 6.45) is 1.83. The first-order valence-electron chi connectivity index (χ1n) is 4.92. The third kappa shape index (κ3) is 2.88. The van der Waals surface area contributed by atoms with E-state index in [-0.39, 0.29) is 5.97 Å². The summed E-state index contributed by atoms with van der Waals surface area (Å²) in [5.41, 5.74) is 0.0757. The SMILES string of the molecule is CSCC(=O)Oc1ccc2oc(=O)ccc2c1. The lowest BCUT2D eigenvalue weighted by atomic mass is 10.2. The fourth-order valence-electron chi connectivity index (χ4n) is 1.39. The summed E-state index contributed by atoms with van der Waals surface area (Å²) < 4.78 is 10.1. The van der Waals surface area contributed by atoms with Gasteiger partial charge in [-0.15, -0.1) is 0 Å². The summed E-state index contributed by atoms with van der Waals surface area (Å²) in [6.45, 7) is 0. The monoisotopic (exact) mass is 250 g/mol. The second-order valence-electron chi connectivity index (χ2n) is 3.36. The van der Waals surface area contributed by atoms with Gasteiger partial charge in [0.15, 0.2) is 0 Å². The Bertz CT molecular complexity index is 603. The summed E-state index contributed by atoms with van der Waals surface area (Å²) in [7, 11) is 0. The van der Waals surface area contributed by atoms with Crippen LogP contribution in [0, 0.1) is 0 Å². The summed E-state index contributed by atoms with van der Waals surface area (Å²) in [5, 5.41) is 0.721. The van der Waals surface area contributed by atoms with Gasteiger partial charge in [-0.25, -0.2) is 4.79 Å². The minimum Gasteiger partial charge on any atom is -0.426 e. The van der Waals surface area contributed by atoms with Gasteiger partial charge in [0.1, 0.15) is 11.3 Å². The molecule has 0 saturated heterocycles. The molecule has 88 valence electrons. The number of carbonyl (C=O) groups is 1. The minimum atomic E-state index is -0.398. The van der Waals surface area contributed by atoms with Crippen molar-refractivity contribution in [3.63, 3.8) is 0 Å². The van der Waals surface area contributed by atoms with Crippen LogP contribution in [0.2, 0.25) is 0 Å². The van der Waals surface area contributed by atoms with E-state index in [4.69, 9.17) is 9.15 Å². The molecule has 2 aromatic rings. The van der Waals surface area contributed by atoms with Gasteiger partial charge in [-0.1, -0.05) is 0 Å². The molecule has 0 N–H and O–H groups in total. The number of hydrogen-bond donors (Lipinski definition) is 0. The molecule has 1 aromatic carbocycles. The van der Waals surface area contributed by atoms with E-state index in [1.807, 2.05) is 6.26 Å². The van der Waals surface area contributed by atoms with Gasteiger partial charge >= 0.3 is 11.6 Å². The van der Waals surface area contributed by atoms with Crippen molar-refractivity contribution in [1.29, 1.82) is 0 Å². The highest BCUT2D eigenvalue weighted by Gasteiger charge is 2.05. The molecule has 0 aliphatic carbocycles. The van der Waals surface area contributed by atoms with Crippen molar-refractivity contribution < 1.29 is 13.9 Å². The highest BCUT2D eigenvalue weighted by Crippen LogP contribution is 2.19. The van der Waals surface area contributed by atoms with Gasteiger partial charge in [0.2, 0.25) is 0 Å². The van der Waals surface area contributed by atoms with Gasteiger partial charge in [-0.05, 0) is 30.5 Å². The zero-order valence-corrected chi connectivity index (χ0v) is 9.95. The maximum absolute atomic E-state index is 11.3. The predicted molar refractivity (Wildman–Crippen MR) is 66.5 cm³/mol. The quantitative estimate of drug-likeness (QED) is 0.474. The summed E-state index contributed by atoms with van der Waals surface area (Å²) >= 11 is 1.40. The van der Waals surface area contributed by atoms with Crippen molar-refractivity contribution in [2.75, 3.05) is 12.0 Å². The number of thioether (sulfide) groups is 1. The fraction of sp³-hybridized carbons (Fsp3) is 0.167. The van der Waals surface area contributed by atoms with Crippen molar-refractivity contribution in [3.05, 3.63) is 40.8 Å². The van der Waals surface area contributed by atoms with Crippen molar-refractivity contribution in [3.8, 4) is 5.75 Å². The van der Waals surface area contributed by atoms with Gasteiger partial charge in [-0.2, -0.15) is 11.8 Å². The van der Waals surface area contributed by atoms with Gasteiger partial charge in [0.25, 0.3) is 0 Å². The van der Waals surface area contributed by atoms with Gasteiger partial charge in [0.05, 0.1) is 5.75 Å². The van der Waals surface area contributed by atoms with Crippen LogP contribution in [0.3, 0.4) is 0 Å². The van der Waals surface area contributed by atoms with E-state index >= 15 is 0 Å². The Morgan fingerprint density at radius 1 is 1.35 bits per heavy atom. The Hall–Kier alpha value is -1.75. The molecule has 1 heterocycles. The molecule has 0 atom stereocenters. The van der Waals surface area contributed by atoms with E-state index < -0.39 is 5.63 Å². The molecule has 0 fully saturated rings. The number of hydrogen-bond acceptors (Lipinski definition) is 5. The van der Waals surface area contributed by atoms with Crippen LogP contribution in [0.15, 0.2) is 39.5 Å². The molecule has 0 saturated carbocycles. The fourth-order valence-corrected chi connectivity index (χ4v) is 1.69.